The molecule has 5 aromatic rings. The summed E-state index contributed by atoms with van der Waals surface area (Å²) in [5, 5.41) is 15.4. The third-order valence-electron chi connectivity index (χ3n) is 7.25. The number of nitrogens with one attached hydrogen (secondary N) is 2. The Hall–Kier alpha value is -4.06. The van der Waals surface area contributed by atoms with Gasteiger partial charge in [-0.25, -0.2) is 4.79 Å². The minimum atomic E-state index is -0.312. The average molecular weight is 480 g/mol. The Morgan fingerprint density at radius 3 is 2.44 bits per heavy atom. The van der Waals surface area contributed by atoms with Gasteiger partial charge in [0.05, 0.1) is 11.4 Å². The number of para-hydroxylation sites is 2. The molecule has 0 radical (unpaired) electrons. The third kappa shape index (κ3) is 3.73. The number of imidazole rings is 1. The molecule has 182 valence electrons. The van der Waals surface area contributed by atoms with Crippen molar-refractivity contribution in [3.05, 3.63) is 77.1 Å². The molecule has 6 rings (SSSR count). The van der Waals surface area contributed by atoms with Gasteiger partial charge in [-0.15, -0.1) is 0 Å². The van der Waals surface area contributed by atoms with Crippen molar-refractivity contribution in [2.45, 2.75) is 13.0 Å². The Morgan fingerprint density at radius 1 is 0.944 bits per heavy atom. The van der Waals surface area contributed by atoms with Crippen LogP contribution in [-0.2, 0) is 13.6 Å². The van der Waals surface area contributed by atoms with Crippen LogP contribution in [0, 0.1) is 11.3 Å². The Balaban J connectivity index is 1.47. The summed E-state index contributed by atoms with van der Waals surface area (Å²) in [6.45, 7) is 6.19. The monoisotopic (exact) mass is 479 g/mol. The summed E-state index contributed by atoms with van der Waals surface area (Å²) in [5.41, 5.74) is 4.35. The average Bonchev–Trinajstić information content (AvgIpc) is 3.55. The van der Waals surface area contributed by atoms with Crippen LogP contribution >= 0.6 is 0 Å². The first-order valence-corrected chi connectivity index (χ1v) is 12.5. The van der Waals surface area contributed by atoms with Crippen molar-refractivity contribution in [2.75, 3.05) is 32.7 Å². The Kier molecular flexibility index (Phi) is 5.72. The maximum absolute atomic E-state index is 13.3. The molecule has 1 fully saturated rings. The summed E-state index contributed by atoms with van der Waals surface area (Å²) in [7, 11) is 1.97. The number of nitrogens with zero attached hydrogens (tertiary/aromatic N) is 5. The summed E-state index contributed by atoms with van der Waals surface area (Å²) in [6, 6.07) is 18.5. The zero-order valence-corrected chi connectivity index (χ0v) is 20.4. The summed E-state index contributed by atoms with van der Waals surface area (Å²) in [6.07, 6.45) is 5.09. The summed E-state index contributed by atoms with van der Waals surface area (Å²) in [4.78, 5) is 18.6. The number of hydrogen-bond donors (Lipinski definition) is 2. The van der Waals surface area contributed by atoms with E-state index < -0.39 is 0 Å². The zero-order valence-electron chi connectivity index (χ0n) is 20.4. The van der Waals surface area contributed by atoms with Crippen LogP contribution in [0.15, 0.2) is 65.7 Å². The van der Waals surface area contributed by atoms with Crippen molar-refractivity contribution in [1.82, 2.24) is 28.9 Å². The predicted octanol–water partition coefficient (Wildman–Crippen LogP) is 3.45. The predicted molar refractivity (Wildman–Crippen MR) is 142 cm³/mol. The van der Waals surface area contributed by atoms with Gasteiger partial charge in [-0.2, -0.15) is 5.26 Å². The van der Waals surface area contributed by atoms with Crippen LogP contribution in [0.3, 0.4) is 0 Å². The van der Waals surface area contributed by atoms with Crippen molar-refractivity contribution < 1.29 is 0 Å². The Bertz CT molecular complexity index is 1650. The highest BCUT2D eigenvalue weighted by molar-refractivity contribution is 5.98. The van der Waals surface area contributed by atoms with Crippen molar-refractivity contribution in [3.63, 3.8) is 0 Å². The van der Waals surface area contributed by atoms with Gasteiger partial charge < -0.3 is 19.4 Å². The minimum Gasteiger partial charge on any atom is -0.348 e. The van der Waals surface area contributed by atoms with E-state index in [1.807, 2.05) is 54.2 Å². The van der Waals surface area contributed by atoms with E-state index in [1.165, 1.54) is 0 Å². The number of benzene rings is 2. The second-order valence-electron chi connectivity index (χ2n) is 9.44. The van der Waals surface area contributed by atoms with Crippen LogP contribution in [0.1, 0.15) is 12.1 Å². The molecule has 0 saturated carbocycles. The minimum absolute atomic E-state index is 0.275. The van der Waals surface area contributed by atoms with E-state index in [0.29, 0.717) is 5.69 Å². The second kappa shape index (κ2) is 9.19. The fourth-order valence-corrected chi connectivity index (χ4v) is 5.52. The van der Waals surface area contributed by atoms with Gasteiger partial charge in [0.25, 0.3) is 0 Å². The zero-order chi connectivity index (χ0) is 24.6. The molecule has 2 aromatic carbocycles. The lowest BCUT2D eigenvalue weighted by Crippen LogP contribution is -2.43. The molecular formula is C28H29N7O. The van der Waals surface area contributed by atoms with Gasteiger partial charge in [-0.05, 0) is 25.1 Å². The summed E-state index contributed by atoms with van der Waals surface area (Å²) in [5.74, 6) is 0. The maximum atomic E-state index is 13.3. The number of nitriles is 1. The van der Waals surface area contributed by atoms with Crippen LogP contribution in [0.2, 0.25) is 0 Å². The fraction of sp³-hybridized carbons (Fsp3) is 0.286. The van der Waals surface area contributed by atoms with E-state index in [-0.39, 0.29) is 11.4 Å². The molecule has 1 saturated heterocycles. The number of fused-ring (bicyclic) bond motifs is 2. The molecule has 8 nitrogen and oxygen atoms in total. The second-order valence-corrected chi connectivity index (χ2v) is 9.44. The first kappa shape index (κ1) is 22.4. The number of piperazine rings is 1. The first-order valence-electron chi connectivity index (χ1n) is 12.5. The first-order chi connectivity index (χ1) is 17.7. The number of aryl methyl sites for hydroxylation is 2. The summed E-state index contributed by atoms with van der Waals surface area (Å²) >= 11 is 0. The van der Waals surface area contributed by atoms with Gasteiger partial charge in [0.1, 0.15) is 11.8 Å². The smallest absolute Gasteiger partial charge is 0.331 e. The number of hydrogen-bond acceptors (Lipinski definition) is 4. The summed E-state index contributed by atoms with van der Waals surface area (Å²) < 4.78 is 5.94. The number of H-pyrrole nitrogens is 1. The number of aromatic nitrogens is 4. The largest absolute Gasteiger partial charge is 0.348 e. The van der Waals surface area contributed by atoms with Gasteiger partial charge in [-0.1, -0.05) is 36.4 Å². The normalized spacial score (nSPS) is 14.6. The van der Waals surface area contributed by atoms with E-state index in [4.69, 9.17) is 0 Å². The van der Waals surface area contributed by atoms with Crippen molar-refractivity contribution in [1.29, 1.82) is 5.26 Å². The van der Waals surface area contributed by atoms with Crippen molar-refractivity contribution in [3.8, 4) is 23.0 Å². The molecule has 1 aliphatic rings. The molecule has 1 aliphatic heterocycles. The third-order valence-corrected chi connectivity index (χ3v) is 7.25. The van der Waals surface area contributed by atoms with E-state index in [9.17, 15) is 10.1 Å². The lowest BCUT2D eigenvalue weighted by atomic mass is 10.1. The Labute approximate surface area is 209 Å². The SMILES string of the molecule is Cn1cc(-n2c(-c3cn(CCCN4CCNCC4)c4ccccc34)c(C#N)[nH]c2=O)c2ccccc21. The van der Waals surface area contributed by atoms with E-state index in [2.05, 4.69) is 44.2 Å². The van der Waals surface area contributed by atoms with Crippen LogP contribution in [0.5, 0.6) is 0 Å². The molecule has 2 N–H and O–H groups in total. The van der Waals surface area contributed by atoms with Crippen LogP contribution in [0.25, 0.3) is 38.8 Å². The molecule has 3 aromatic heterocycles. The lowest BCUT2D eigenvalue weighted by Gasteiger charge is -2.27. The highest BCUT2D eigenvalue weighted by Crippen LogP contribution is 2.35. The van der Waals surface area contributed by atoms with Gasteiger partial charge >= 0.3 is 5.69 Å². The van der Waals surface area contributed by atoms with Gasteiger partial charge in [0.15, 0.2) is 0 Å². The molecule has 0 bridgehead atoms. The fourth-order valence-electron chi connectivity index (χ4n) is 5.52. The van der Waals surface area contributed by atoms with E-state index in [0.717, 1.165) is 78.7 Å². The maximum Gasteiger partial charge on any atom is 0.331 e. The van der Waals surface area contributed by atoms with Gasteiger partial charge in [0.2, 0.25) is 0 Å². The van der Waals surface area contributed by atoms with Crippen LogP contribution in [0.4, 0.5) is 0 Å². The van der Waals surface area contributed by atoms with E-state index in [1.54, 1.807) is 4.57 Å². The molecule has 0 atom stereocenters. The van der Waals surface area contributed by atoms with Crippen LogP contribution in [-0.4, -0.2) is 56.3 Å². The molecule has 4 heterocycles. The Morgan fingerprint density at radius 2 is 1.67 bits per heavy atom. The molecular weight excluding hydrogens is 450 g/mol. The van der Waals surface area contributed by atoms with E-state index >= 15 is 0 Å². The van der Waals surface area contributed by atoms with Gasteiger partial charge in [0, 0.05) is 79.5 Å². The molecule has 8 heteroatoms. The highest BCUT2D eigenvalue weighted by atomic mass is 16.1. The molecule has 36 heavy (non-hydrogen) atoms. The molecule has 0 unspecified atom stereocenters. The van der Waals surface area contributed by atoms with Crippen molar-refractivity contribution >= 4 is 21.8 Å². The van der Waals surface area contributed by atoms with Gasteiger partial charge in [-0.3, -0.25) is 9.55 Å². The standard InChI is InChI=1S/C28H29N7O/c1-32-19-26(21-8-3-4-9-24(21)32)35-27(23(17-29)31-28(35)36)22-18-34(25-10-5-2-7-20(22)25)14-6-13-33-15-11-30-12-16-33/h2-5,7-10,18-19,30H,6,11-16H2,1H3,(H,31,36). The highest BCUT2D eigenvalue weighted by Gasteiger charge is 2.23. The quantitative estimate of drug-likeness (QED) is 0.391. The molecule has 0 spiro atoms. The number of aromatic amines is 1. The topological polar surface area (TPSA) is 86.7 Å². The lowest BCUT2D eigenvalue weighted by molar-refractivity contribution is 0.235. The number of rotatable bonds is 6. The molecule has 0 aliphatic carbocycles. The van der Waals surface area contributed by atoms with Crippen LogP contribution < -0.4 is 11.0 Å². The molecule has 0 amide bonds. The van der Waals surface area contributed by atoms with Crippen molar-refractivity contribution in [2.24, 2.45) is 7.05 Å².